The first-order valence-corrected chi connectivity index (χ1v) is 17.1. The molecule has 2 aromatic carbocycles. The molecule has 0 radical (unpaired) electrons. The van der Waals surface area contributed by atoms with Gasteiger partial charge < -0.3 is 20.3 Å². The van der Waals surface area contributed by atoms with Crippen LogP contribution in [-0.4, -0.2) is 72.7 Å². The topological polar surface area (TPSA) is 105 Å². The highest BCUT2D eigenvalue weighted by molar-refractivity contribution is 6.11. The van der Waals surface area contributed by atoms with Gasteiger partial charge in [0.1, 0.15) is 5.92 Å². The number of amides is 2. The molecule has 1 aliphatic carbocycles. The van der Waals surface area contributed by atoms with Crippen LogP contribution < -0.4 is 10.6 Å². The maximum atomic E-state index is 13.7. The third-order valence-corrected chi connectivity index (χ3v) is 8.97. The van der Waals surface area contributed by atoms with Crippen LogP contribution in [0.15, 0.2) is 66.8 Å². The van der Waals surface area contributed by atoms with Crippen molar-refractivity contribution >= 4 is 34.2 Å². The van der Waals surface area contributed by atoms with Crippen LogP contribution in [0.2, 0.25) is 0 Å². The lowest BCUT2D eigenvalue weighted by atomic mass is 9.89. The predicted molar refractivity (Wildman–Crippen MR) is 187 cm³/mol. The molecule has 4 rings (SSSR count). The third-order valence-electron chi connectivity index (χ3n) is 8.97. The number of nitrogens with one attached hydrogen (secondary N) is 2. The number of fused-ring (bicyclic) bond motifs is 1. The highest BCUT2D eigenvalue weighted by atomic mass is 16.5. The zero-order valence-electron chi connectivity index (χ0n) is 28.8. The molecular weight excluding hydrogens is 590 g/mol. The van der Waals surface area contributed by atoms with Gasteiger partial charge >= 0.3 is 0 Å². The van der Waals surface area contributed by atoms with Crippen molar-refractivity contribution in [2.24, 2.45) is 17.3 Å². The van der Waals surface area contributed by atoms with E-state index in [1.165, 1.54) is 0 Å². The fourth-order valence-electron chi connectivity index (χ4n) is 6.22. The van der Waals surface area contributed by atoms with Crippen molar-refractivity contribution in [2.75, 3.05) is 32.8 Å². The van der Waals surface area contributed by atoms with Crippen molar-refractivity contribution < 1.29 is 23.9 Å². The summed E-state index contributed by atoms with van der Waals surface area (Å²) in [5.41, 5.74) is -0.0826. The number of ether oxygens (including phenoxy) is 1. The minimum Gasteiger partial charge on any atom is -0.374 e. The van der Waals surface area contributed by atoms with Gasteiger partial charge in [-0.15, -0.1) is 0 Å². The second-order valence-electron chi connectivity index (χ2n) is 14.7. The summed E-state index contributed by atoms with van der Waals surface area (Å²) < 4.78 is 6.16. The summed E-state index contributed by atoms with van der Waals surface area (Å²) in [7, 11) is 0. The second kappa shape index (κ2) is 16.5. The smallest absolute Gasteiger partial charge is 0.230 e. The van der Waals surface area contributed by atoms with Gasteiger partial charge in [0, 0.05) is 31.0 Å². The van der Waals surface area contributed by atoms with Crippen LogP contribution in [0.4, 0.5) is 0 Å². The highest BCUT2D eigenvalue weighted by Crippen LogP contribution is 2.27. The Labute approximate surface area is 280 Å². The van der Waals surface area contributed by atoms with Crippen molar-refractivity contribution in [1.82, 2.24) is 15.5 Å². The summed E-state index contributed by atoms with van der Waals surface area (Å²) in [4.78, 5) is 55.3. The van der Waals surface area contributed by atoms with E-state index in [0.29, 0.717) is 51.5 Å². The predicted octanol–water partition coefficient (Wildman–Crippen LogP) is 5.59. The number of carbonyl (C=O) groups excluding carboxylic acids is 4. The molecule has 0 spiro atoms. The van der Waals surface area contributed by atoms with Crippen LogP contribution in [0.3, 0.4) is 0 Å². The van der Waals surface area contributed by atoms with Gasteiger partial charge in [-0.05, 0) is 68.8 Å². The van der Waals surface area contributed by atoms with E-state index in [1.807, 2.05) is 63.2 Å². The number of hydrogen-bond acceptors (Lipinski definition) is 6. The van der Waals surface area contributed by atoms with Crippen LogP contribution in [0.1, 0.15) is 72.3 Å². The van der Waals surface area contributed by atoms with Gasteiger partial charge in [-0.3, -0.25) is 19.2 Å². The van der Waals surface area contributed by atoms with E-state index < -0.39 is 23.2 Å². The molecule has 1 fully saturated rings. The first-order chi connectivity index (χ1) is 22.3. The minimum atomic E-state index is -1.00. The summed E-state index contributed by atoms with van der Waals surface area (Å²) in [6.45, 7) is 12.6. The number of hydrogen-bond donors (Lipinski definition) is 2. The Morgan fingerprint density at radius 1 is 0.979 bits per heavy atom. The third kappa shape index (κ3) is 10.7. The van der Waals surface area contributed by atoms with Gasteiger partial charge in [0.15, 0.2) is 11.6 Å². The lowest BCUT2D eigenvalue weighted by molar-refractivity contribution is -0.145. The Morgan fingerprint density at radius 2 is 1.74 bits per heavy atom. The van der Waals surface area contributed by atoms with Gasteiger partial charge in [-0.1, -0.05) is 87.5 Å². The lowest BCUT2D eigenvalue weighted by Gasteiger charge is -2.30. The van der Waals surface area contributed by atoms with E-state index in [9.17, 15) is 19.2 Å². The first-order valence-electron chi connectivity index (χ1n) is 17.1. The van der Waals surface area contributed by atoms with E-state index in [2.05, 4.69) is 48.8 Å². The molecule has 2 aromatic rings. The fraction of sp³-hybridized carbons (Fsp3) is 0.538. The summed E-state index contributed by atoms with van der Waals surface area (Å²) in [5, 5.41) is 8.48. The standard InChI is InChI=1S/C39H53N3O5/c1-38(2,3)37(46)42-22-11-17-33(42)35(44)25-34(43)32(24-29-18-19-30-15-9-10-16-31(30)23-29)36(45)41-21-12-20-40-27-39(4,5)47-26-28-13-7-6-8-14-28/h6-10,13,15-16,18-19,23,28,32-33,40H,11-12,14,17,20-22,24-27H2,1-5H3,(H,41,45)/t28?,32-,33?/m0/s1. The van der Waals surface area contributed by atoms with Crippen molar-refractivity contribution in [3.8, 4) is 0 Å². The zero-order chi connectivity index (χ0) is 34.0. The second-order valence-corrected chi connectivity index (χ2v) is 14.7. The Hall–Kier alpha value is -3.62. The molecule has 8 heteroatoms. The monoisotopic (exact) mass is 643 g/mol. The molecule has 1 heterocycles. The number of allylic oxidation sites excluding steroid dienone is 3. The highest BCUT2D eigenvalue weighted by Gasteiger charge is 2.40. The van der Waals surface area contributed by atoms with Crippen molar-refractivity contribution in [1.29, 1.82) is 0 Å². The fourth-order valence-corrected chi connectivity index (χ4v) is 6.22. The Morgan fingerprint density at radius 3 is 2.47 bits per heavy atom. The zero-order valence-corrected chi connectivity index (χ0v) is 28.8. The van der Waals surface area contributed by atoms with Crippen molar-refractivity contribution in [3.05, 3.63) is 72.3 Å². The largest absolute Gasteiger partial charge is 0.374 e. The van der Waals surface area contributed by atoms with Crippen LogP contribution >= 0.6 is 0 Å². The molecule has 2 amide bonds. The van der Waals surface area contributed by atoms with Crippen molar-refractivity contribution in [3.63, 3.8) is 0 Å². The summed E-state index contributed by atoms with van der Waals surface area (Å²) in [6, 6.07) is 13.3. The molecule has 254 valence electrons. The molecule has 0 aromatic heterocycles. The molecule has 47 heavy (non-hydrogen) atoms. The first kappa shape index (κ1) is 36.2. The SMILES string of the molecule is CC(C)(CNCCCNC(=O)[C@@H](Cc1ccc2ccccc2c1)C(=O)CC(=O)C1CCCN1C(=O)C(C)(C)C)OCC1C=CC=CC1. The van der Waals surface area contributed by atoms with E-state index in [4.69, 9.17) is 4.74 Å². The summed E-state index contributed by atoms with van der Waals surface area (Å²) in [6.07, 6.45) is 11.2. The maximum Gasteiger partial charge on any atom is 0.230 e. The van der Waals surface area contributed by atoms with E-state index in [-0.39, 0.29) is 36.0 Å². The number of benzene rings is 2. The van der Waals surface area contributed by atoms with Gasteiger partial charge in [0.2, 0.25) is 11.8 Å². The van der Waals surface area contributed by atoms with Crippen LogP contribution in [0, 0.1) is 17.3 Å². The quantitative estimate of drug-likeness (QED) is 0.183. The summed E-state index contributed by atoms with van der Waals surface area (Å²) >= 11 is 0. The number of carbonyl (C=O) groups is 4. The Kier molecular flexibility index (Phi) is 12.7. The van der Waals surface area contributed by atoms with Crippen LogP contribution in [0.5, 0.6) is 0 Å². The lowest BCUT2D eigenvalue weighted by Crippen LogP contribution is -2.47. The van der Waals surface area contributed by atoms with Gasteiger partial charge in [0.05, 0.1) is 24.7 Å². The number of likely N-dealkylation sites (tertiary alicyclic amines) is 1. The molecular formula is C39H53N3O5. The minimum absolute atomic E-state index is 0.0892. The average molecular weight is 644 g/mol. The molecule has 2 N–H and O–H groups in total. The normalized spacial score (nSPS) is 18.8. The maximum absolute atomic E-state index is 13.7. The number of ketones is 2. The molecule has 3 atom stereocenters. The molecule has 2 unspecified atom stereocenters. The Bertz CT molecular complexity index is 1470. The Balaban J connectivity index is 1.33. The molecule has 2 aliphatic rings. The average Bonchev–Trinajstić information content (AvgIpc) is 3.54. The van der Waals surface area contributed by atoms with Gasteiger partial charge in [-0.25, -0.2) is 0 Å². The van der Waals surface area contributed by atoms with E-state index >= 15 is 0 Å². The van der Waals surface area contributed by atoms with Gasteiger partial charge in [-0.2, -0.15) is 0 Å². The van der Waals surface area contributed by atoms with Crippen LogP contribution in [0.25, 0.3) is 10.8 Å². The molecule has 1 saturated heterocycles. The molecule has 1 aliphatic heterocycles. The number of Topliss-reactive ketones (excluding diaryl/α,β-unsaturated/α-hetero) is 2. The molecule has 0 bridgehead atoms. The van der Waals surface area contributed by atoms with E-state index in [1.54, 1.807) is 4.90 Å². The number of rotatable bonds is 16. The van der Waals surface area contributed by atoms with Gasteiger partial charge in [0.25, 0.3) is 0 Å². The van der Waals surface area contributed by atoms with E-state index in [0.717, 1.165) is 29.2 Å². The molecule has 0 saturated carbocycles. The number of nitrogens with zero attached hydrogens (tertiary/aromatic N) is 1. The van der Waals surface area contributed by atoms with Crippen LogP contribution in [-0.2, 0) is 30.3 Å². The van der Waals surface area contributed by atoms with Crippen molar-refractivity contribution in [2.45, 2.75) is 84.8 Å². The molecule has 8 nitrogen and oxygen atoms in total. The summed E-state index contributed by atoms with van der Waals surface area (Å²) in [5.74, 6) is -1.75.